The molecule has 3 amide bonds. The highest BCUT2D eigenvalue weighted by atomic mass is 32.2. The Morgan fingerprint density at radius 2 is 1.97 bits per heavy atom. The number of thiophene rings is 1. The number of amides is 3. The van der Waals surface area contributed by atoms with Crippen LogP contribution >= 0.6 is 23.1 Å². The van der Waals surface area contributed by atoms with Crippen LogP contribution in [0, 0.1) is 0 Å². The second-order valence-corrected chi connectivity index (χ2v) is 8.63. The number of ether oxygens (including phenoxy) is 1. The van der Waals surface area contributed by atoms with Gasteiger partial charge in [0.1, 0.15) is 10.4 Å². The summed E-state index contributed by atoms with van der Waals surface area (Å²) < 4.78 is 7.34. The Hall–Kier alpha value is -2.85. The van der Waals surface area contributed by atoms with E-state index in [1.807, 2.05) is 44.2 Å². The van der Waals surface area contributed by atoms with E-state index in [2.05, 4.69) is 15.6 Å². The van der Waals surface area contributed by atoms with Gasteiger partial charge >= 0.3 is 6.03 Å². The molecule has 1 aromatic carbocycles. The molecule has 0 saturated carbocycles. The summed E-state index contributed by atoms with van der Waals surface area (Å²) in [6, 6.07) is 8.77. The third-order valence-electron chi connectivity index (χ3n) is 4.25. The minimum atomic E-state index is -0.577. The normalized spacial score (nSPS) is 11.0. The molecule has 3 aromatic rings. The Bertz CT molecular complexity index is 1140. The fourth-order valence-electron chi connectivity index (χ4n) is 2.78. The zero-order valence-electron chi connectivity index (χ0n) is 17.0. The highest BCUT2D eigenvalue weighted by Gasteiger charge is 2.18. The number of hydrogen-bond donors (Lipinski definition) is 2. The van der Waals surface area contributed by atoms with Crippen LogP contribution in [0.3, 0.4) is 0 Å². The van der Waals surface area contributed by atoms with Crippen molar-refractivity contribution >= 4 is 45.3 Å². The molecule has 2 aromatic heterocycles. The summed E-state index contributed by atoms with van der Waals surface area (Å²) in [6.45, 7) is 3.78. The minimum Gasteiger partial charge on any atom is -0.497 e. The maximum Gasteiger partial charge on any atom is 0.321 e. The first kappa shape index (κ1) is 21.8. The Morgan fingerprint density at radius 3 is 2.57 bits per heavy atom. The molecule has 0 radical (unpaired) electrons. The Balaban J connectivity index is 1.96. The standard InChI is InChI=1S/C20H22N4O4S2/c1-11(2)24-18(26)17-14(22-20(24)29-10-16(25)23-19(27)21-3)9-15(30-17)12-5-7-13(28-4)8-6-12/h5-9,11H,10H2,1-4H3,(H2,21,23,25,27). The second-order valence-electron chi connectivity index (χ2n) is 6.63. The van der Waals surface area contributed by atoms with Crippen LogP contribution in [0.15, 0.2) is 40.3 Å². The van der Waals surface area contributed by atoms with Crippen molar-refractivity contribution in [3.63, 3.8) is 0 Å². The molecule has 10 heteroatoms. The smallest absolute Gasteiger partial charge is 0.321 e. The van der Waals surface area contributed by atoms with Crippen LogP contribution in [-0.4, -0.2) is 41.4 Å². The maximum absolute atomic E-state index is 13.1. The third kappa shape index (κ3) is 4.65. The molecule has 0 saturated heterocycles. The van der Waals surface area contributed by atoms with Crippen molar-refractivity contribution in [1.82, 2.24) is 20.2 Å². The number of urea groups is 1. The fourth-order valence-corrected chi connectivity index (χ4v) is 4.75. The summed E-state index contributed by atoms with van der Waals surface area (Å²) in [6.07, 6.45) is 0. The van der Waals surface area contributed by atoms with E-state index < -0.39 is 11.9 Å². The van der Waals surface area contributed by atoms with Crippen LogP contribution in [0.1, 0.15) is 19.9 Å². The van der Waals surface area contributed by atoms with Crippen LogP contribution in [0.4, 0.5) is 4.79 Å². The summed E-state index contributed by atoms with van der Waals surface area (Å²) >= 11 is 2.51. The lowest BCUT2D eigenvalue weighted by molar-refractivity contribution is -0.117. The fraction of sp³-hybridized carbons (Fsp3) is 0.300. The van der Waals surface area contributed by atoms with Crippen LogP contribution in [0.5, 0.6) is 5.75 Å². The number of nitrogens with zero attached hydrogens (tertiary/aromatic N) is 2. The molecule has 0 aliphatic carbocycles. The van der Waals surface area contributed by atoms with E-state index in [1.165, 1.54) is 18.4 Å². The highest BCUT2D eigenvalue weighted by molar-refractivity contribution is 7.99. The number of nitrogens with one attached hydrogen (secondary N) is 2. The number of carbonyl (C=O) groups is 2. The van der Waals surface area contributed by atoms with E-state index in [-0.39, 0.29) is 17.4 Å². The average molecular weight is 447 g/mol. The van der Waals surface area contributed by atoms with E-state index in [4.69, 9.17) is 4.74 Å². The number of hydrogen-bond acceptors (Lipinski definition) is 7. The predicted octanol–water partition coefficient (Wildman–Crippen LogP) is 3.26. The molecule has 158 valence electrons. The number of rotatable bonds is 6. The molecule has 0 spiro atoms. The molecule has 0 aliphatic rings. The summed E-state index contributed by atoms with van der Waals surface area (Å²) in [5, 5.41) is 4.97. The van der Waals surface area contributed by atoms with Gasteiger partial charge in [-0.15, -0.1) is 11.3 Å². The van der Waals surface area contributed by atoms with Crippen molar-refractivity contribution in [3.05, 3.63) is 40.7 Å². The van der Waals surface area contributed by atoms with Crippen molar-refractivity contribution < 1.29 is 14.3 Å². The lowest BCUT2D eigenvalue weighted by atomic mass is 10.2. The van der Waals surface area contributed by atoms with Crippen molar-refractivity contribution in [2.24, 2.45) is 0 Å². The van der Waals surface area contributed by atoms with Crippen LogP contribution in [-0.2, 0) is 4.79 Å². The number of benzene rings is 1. The Kier molecular flexibility index (Phi) is 6.78. The molecule has 30 heavy (non-hydrogen) atoms. The third-order valence-corrected chi connectivity index (χ3v) is 6.37. The topological polar surface area (TPSA) is 102 Å². The number of imide groups is 1. The molecular weight excluding hydrogens is 424 g/mol. The summed E-state index contributed by atoms with van der Waals surface area (Å²) in [7, 11) is 3.04. The quantitative estimate of drug-likeness (QED) is 0.445. The van der Waals surface area contributed by atoms with Gasteiger partial charge in [-0.3, -0.25) is 19.5 Å². The predicted molar refractivity (Wildman–Crippen MR) is 120 cm³/mol. The highest BCUT2D eigenvalue weighted by Crippen LogP contribution is 2.33. The first-order valence-electron chi connectivity index (χ1n) is 9.19. The maximum atomic E-state index is 13.1. The lowest BCUT2D eigenvalue weighted by Gasteiger charge is -2.14. The second kappa shape index (κ2) is 9.31. The van der Waals surface area contributed by atoms with Crippen molar-refractivity contribution in [3.8, 4) is 16.2 Å². The van der Waals surface area contributed by atoms with Gasteiger partial charge in [0.25, 0.3) is 5.56 Å². The molecule has 3 rings (SSSR count). The molecule has 0 atom stereocenters. The van der Waals surface area contributed by atoms with Crippen LogP contribution in [0.2, 0.25) is 0 Å². The first-order valence-corrected chi connectivity index (χ1v) is 11.0. The van der Waals surface area contributed by atoms with Gasteiger partial charge in [-0.1, -0.05) is 11.8 Å². The summed E-state index contributed by atoms with van der Waals surface area (Å²) in [4.78, 5) is 41.9. The molecule has 0 aliphatic heterocycles. The van der Waals surface area contributed by atoms with E-state index in [0.717, 1.165) is 28.0 Å². The van der Waals surface area contributed by atoms with E-state index in [1.54, 1.807) is 11.7 Å². The molecule has 0 unspecified atom stereocenters. The molecule has 0 bridgehead atoms. The van der Waals surface area contributed by atoms with Gasteiger partial charge < -0.3 is 10.1 Å². The van der Waals surface area contributed by atoms with Crippen molar-refractivity contribution in [1.29, 1.82) is 0 Å². The SMILES string of the molecule is CNC(=O)NC(=O)CSc1nc2cc(-c3ccc(OC)cc3)sc2c(=O)n1C(C)C. The van der Waals surface area contributed by atoms with Gasteiger partial charge in [-0.25, -0.2) is 9.78 Å². The van der Waals surface area contributed by atoms with Gasteiger partial charge in [0, 0.05) is 18.0 Å². The Labute approximate surface area is 181 Å². The van der Waals surface area contributed by atoms with Crippen LogP contribution < -0.4 is 20.9 Å². The van der Waals surface area contributed by atoms with Gasteiger partial charge in [0.05, 0.1) is 18.4 Å². The van der Waals surface area contributed by atoms with E-state index >= 15 is 0 Å². The summed E-state index contributed by atoms with van der Waals surface area (Å²) in [5.74, 6) is 0.259. The van der Waals surface area contributed by atoms with Gasteiger partial charge in [-0.05, 0) is 49.7 Å². The molecule has 2 N–H and O–H groups in total. The summed E-state index contributed by atoms with van der Waals surface area (Å²) in [5.41, 5.74) is 1.41. The number of carbonyl (C=O) groups excluding carboxylic acids is 2. The molecular formula is C20H22N4O4S2. The lowest BCUT2D eigenvalue weighted by Crippen LogP contribution is -2.38. The molecule has 8 nitrogen and oxygen atoms in total. The van der Waals surface area contributed by atoms with Crippen molar-refractivity contribution in [2.75, 3.05) is 19.9 Å². The average Bonchev–Trinajstić information content (AvgIpc) is 3.16. The number of fused-ring (bicyclic) bond motifs is 1. The number of aromatic nitrogens is 2. The van der Waals surface area contributed by atoms with Gasteiger partial charge in [0.15, 0.2) is 5.16 Å². The largest absolute Gasteiger partial charge is 0.497 e. The van der Waals surface area contributed by atoms with Gasteiger partial charge in [-0.2, -0.15) is 0 Å². The van der Waals surface area contributed by atoms with Gasteiger partial charge in [0.2, 0.25) is 5.91 Å². The van der Waals surface area contributed by atoms with E-state index in [0.29, 0.717) is 15.4 Å². The monoisotopic (exact) mass is 446 g/mol. The number of methoxy groups -OCH3 is 1. The number of thioether (sulfide) groups is 1. The Morgan fingerprint density at radius 1 is 1.27 bits per heavy atom. The van der Waals surface area contributed by atoms with Crippen LogP contribution in [0.25, 0.3) is 20.7 Å². The molecule has 0 fully saturated rings. The zero-order valence-corrected chi connectivity index (χ0v) is 18.6. The van der Waals surface area contributed by atoms with Crippen molar-refractivity contribution in [2.45, 2.75) is 25.0 Å². The first-order chi connectivity index (χ1) is 14.3. The minimum absolute atomic E-state index is 0.0342. The van der Waals surface area contributed by atoms with E-state index in [9.17, 15) is 14.4 Å². The molecule has 2 heterocycles. The zero-order chi connectivity index (χ0) is 21.8.